The summed E-state index contributed by atoms with van der Waals surface area (Å²) in [6.45, 7) is 7.68. The number of aryl methyl sites for hydroxylation is 2. The largest absolute Gasteiger partial charge is 0.493 e. The molecule has 0 aliphatic heterocycles. The number of pyridine rings is 1. The van der Waals surface area contributed by atoms with Crippen LogP contribution in [0.2, 0.25) is 0 Å². The Morgan fingerprint density at radius 1 is 0.917 bits per heavy atom. The Morgan fingerprint density at radius 3 is 2.03 bits per heavy atom. The topological polar surface area (TPSA) is 84.0 Å². The fourth-order valence-electron chi connectivity index (χ4n) is 3.96. The maximum atomic E-state index is 13.0. The van der Waals surface area contributed by atoms with Gasteiger partial charge in [0.2, 0.25) is 0 Å². The van der Waals surface area contributed by atoms with E-state index in [-0.39, 0.29) is 24.3 Å². The third kappa shape index (κ3) is 6.05. The molecule has 0 N–H and O–H groups in total. The van der Waals surface area contributed by atoms with E-state index in [2.05, 4.69) is 20.9 Å². The van der Waals surface area contributed by atoms with E-state index in [9.17, 15) is 9.59 Å². The second-order valence-electron chi connectivity index (χ2n) is 7.92. The second kappa shape index (κ2) is 12.5. The molecule has 3 rings (SSSR count). The number of nitrogens with zero attached hydrogens (tertiary/aromatic N) is 1. The van der Waals surface area contributed by atoms with Gasteiger partial charge in [-0.05, 0) is 66.9 Å². The molecule has 8 heteroatoms. The maximum Gasteiger partial charge on any atom is 0.340 e. The number of carbonyl (C=O) groups excluding carboxylic acids is 2. The smallest absolute Gasteiger partial charge is 0.340 e. The van der Waals surface area contributed by atoms with E-state index in [0.717, 1.165) is 12.0 Å². The van der Waals surface area contributed by atoms with Crippen molar-refractivity contribution in [3.63, 3.8) is 0 Å². The molecular formula is C28H30BrNO6. The van der Waals surface area contributed by atoms with Crippen LogP contribution in [0.3, 0.4) is 0 Å². The van der Waals surface area contributed by atoms with Gasteiger partial charge in [-0.3, -0.25) is 4.98 Å². The molecule has 0 unspecified atom stereocenters. The highest BCUT2D eigenvalue weighted by Crippen LogP contribution is 2.42. The fourth-order valence-corrected chi connectivity index (χ4v) is 4.52. The maximum absolute atomic E-state index is 13.0. The molecule has 0 aliphatic carbocycles. The van der Waals surface area contributed by atoms with Crippen LogP contribution in [0.1, 0.15) is 51.5 Å². The van der Waals surface area contributed by atoms with Gasteiger partial charge in [-0.15, -0.1) is 0 Å². The summed E-state index contributed by atoms with van der Waals surface area (Å²) >= 11 is 3.59. The third-order valence-electron chi connectivity index (χ3n) is 5.52. The summed E-state index contributed by atoms with van der Waals surface area (Å²) in [5, 5.41) is 0. The first-order valence-corrected chi connectivity index (χ1v) is 12.5. The average Bonchev–Trinajstić information content (AvgIpc) is 2.85. The zero-order valence-electron chi connectivity index (χ0n) is 21.1. The van der Waals surface area contributed by atoms with E-state index in [1.54, 1.807) is 39.8 Å². The Kier molecular flexibility index (Phi) is 9.47. The monoisotopic (exact) mass is 555 g/mol. The van der Waals surface area contributed by atoms with Crippen molar-refractivity contribution in [1.29, 1.82) is 0 Å². The van der Waals surface area contributed by atoms with Gasteiger partial charge in [-0.1, -0.05) is 30.3 Å². The van der Waals surface area contributed by atoms with Crippen molar-refractivity contribution >= 4 is 27.9 Å². The molecule has 0 bridgehead atoms. The second-order valence-corrected chi connectivity index (χ2v) is 8.78. The molecule has 7 nitrogen and oxygen atoms in total. The van der Waals surface area contributed by atoms with Crippen LogP contribution in [0.4, 0.5) is 0 Å². The Morgan fingerprint density at radius 2 is 1.50 bits per heavy atom. The van der Waals surface area contributed by atoms with Crippen LogP contribution in [0.15, 0.2) is 46.9 Å². The van der Waals surface area contributed by atoms with Crippen LogP contribution in [-0.4, -0.2) is 43.9 Å². The van der Waals surface area contributed by atoms with Gasteiger partial charge < -0.3 is 18.9 Å². The van der Waals surface area contributed by atoms with Gasteiger partial charge in [0.25, 0.3) is 0 Å². The van der Waals surface area contributed by atoms with Crippen molar-refractivity contribution in [2.45, 2.75) is 34.1 Å². The first-order chi connectivity index (χ1) is 17.3. The van der Waals surface area contributed by atoms with Crippen molar-refractivity contribution in [1.82, 2.24) is 4.98 Å². The highest BCUT2D eigenvalue weighted by atomic mass is 79.9. The van der Waals surface area contributed by atoms with Crippen molar-refractivity contribution in [2.75, 3.05) is 26.9 Å². The molecule has 1 aromatic heterocycles. The number of ether oxygens (including phenoxy) is 4. The summed E-state index contributed by atoms with van der Waals surface area (Å²) in [4.78, 5) is 30.5. The minimum absolute atomic E-state index is 0.182. The molecule has 0 amide bonds. The molecule has 2 aromatic carbocycles. The lowest BCUT2D eigenvalue weighted by molar-refractivity contribution is 0.0525. The van der Waals surface area contributed by atoms with Gasteiger partial charge in [0, 0.05) is 12.0 Å². The summed E-state index contributed by atoms with van der Waals surface area (Å²) in [5.74, 6) is -0.165. The highest BCUT2D eigenvalue weighted by molar-refractivity contribution is 9.10. The normalized spacial score (nSPS) is 10.6. The number of hydrogen-bond donors (Lipinski definition) is 0. The standard InChI is InChI=1S/C28H30BrNO6/c1-6-34-27(31)23-17(3)30-18(4)24(28(32)35-7-2)25(23)20-15-21(29)26(22(16-20)33-5)36-14-13-19-11-9-8-10-12-19/h8-12,15-16H,6-7,13-14H2,1-5H3. The van der Waals surface area contributed by atoms with Crippen LogP contribution >= 0.6 is 15.9 Å². The molecule has 1 heterocycles. The molecule has 0 aliphatic rings. The number of halogens is 1. The molecule has 36 heavy (non-hydrogen) atoms. The van der Waals surface area contributed by atoms with Gasteiger partial charge in [0.05, 0.1) is 53.9 Å². The van der Waals surface area contributed by atoms with E-state index in [4.69, 9.17) is 18.9 Å². The Labute approximate surface area is 219 Å². The van der Waals surface area contributed by atoms with E-state index in [1.807, 2.05) is 30.3 Å². The number of methoxy groups -OCH3 is 1. The van der Waals surface area contributed by atoms with Crippen molar-refractivity contribution in [3.05, 3.63) is 75.0 Å². The number of benzene rings is 2. The van der Waals surface area contributed by atoms with E-state index < -0.39 is 11.9 Å². The zero-order valence-corrected chi connectivity index (χ0v) is 22.7. The third-order valence-corrected chi connectivity index (χ3v) is 6.11. The van der Waals surface area contributed by atoms with Crippen LogP contribution < -0.4 is 9.47 Å². The Balaban J connectivity index is 2.13. The molecule has 0 atom stereocenters. The van der Waals surface area contributed by atoms with E-state index in [1.165, 1.54) is 7.11 Å². The summed E-state index contributed by atoms with van der Waals surface area (Å²) in [5.41, 5.74) is 3.42. The van der Waals surface area contributed by atoms with Gasteiger partial charge >= 0.3 is 11.9 Å². The predicted octanol–water partition coefficient (Wildman–Crippen LogP) is 6.11. The Bertz CT molecular complexity index is 1200. The zero-order chi connectivity index (χ0) is 26.2. The first-order valence-electron chi connectivity index (χ1n) is 11.7. The SMILES string of the molecule is CCOC(=O)c1c(C)nc(C)c(C(=O)OCC)c1-c1cc(Br)c(OCCc2ccccc2)c(OC)c1. The van der Waals surface area contributed by atoms with Crippen molar-refractivity contribution in [2.24, 2.45) is 0 Å². The molecule has 0 radical (unpaired) electrons. The van der Waals surface area contributed by atoms with Crippen LogP contribution in [0.5, 0.6) is 11.5 Å². The van der Waals surface area contributed by atoms with Crippen LogP contribution in [0, 0.1) is 13.8 Å². The number of esters is 2. The average molecular weight is 556 g/mol. The lowest BCUT2D eigenvalue weighted by Crippen LogP contribution is -2.17. The summed E-state index contributed by atoms with van der Waals surface area (Å²) in [6.07, 6.45) is 0.723. The van der Waals surface area contributed by atoms with E-state index in [0.29, 0.717) is 45.1 Å². The van der Waals surface area contributed by atoms with Gasteiger partial charge in [-0.2, -0.15) is 0 Å². The highest BCUT2D eigenvalue weighted by Gasteiger charge is 2.29. The van der Waals surface area contributed by atoms with Crippen LogP contribution in [-0.2, 0) is 15.9 Å². The van der Waals surface area contributed by atoms with Gasteiger partial charge in [-0.25, -0.2) is 9.59 Å². The minimum Gasteiger partial charge on any atom is -0.493 e. The lowest BCUT2D eigenvalue weighted by Gasteiger charge is -2.20. The molecule has 0 spiro atoms. The molecule has 0 fully saturated rings. The number of aromatic nitrogens is 1. The number of carbonyl (C=O) groups is 2. The molecule has 190 valence electrons. The summed E-state index contributed by atoms with van der Waals surface area (Å²) < 4.78 is 22.9. The van der Waals surface area contributed by atoms with E-state index >= 15 is 0 Å². The summed E-state index contributed by atoms with van der Waals surface area (Å²) in [7, 11) is 1.54. The van der Waals surface area contributed by atoms with Gasteiger partial charge in [0.1, 0.15) is 0 Å². The lowest BCUT2D eigenvalue weighted by atomic mass is 9.92. The van der Waals surface area contributed by atoms with Crippen molar-refractivity contribution < 1.29 is 28.5 Å². The van der Waals surface area contributed by atoms with Crippen LogP contribution in [0.25, 0.3) is 11.1 Å². The first kappa shape index (κ1) is 27.2. The quantitative estimate of drug-likeness (QED) is 0.279. The van der Waals surface area contributed by atoms with Gasteiger partial charge in [0.15, 0.2) is 11.5 Å². The molecule has 0 saturated heterocycles. The van der Waals surface area contributed by atoms with Crippen molar-refractivity contribution in [3.8, 4) is 22.6 Å². The number of rotatable bonds is 10. The number of hydrogen-bond acceptors (Lipinski definition) is 7. The summed E-state index contributed by atoms with van der Waals surface area (Å²) in [6, 6.07) is 13.6. The molecular weight excluding hydrogens is 526 g/mol. The fraction of sp³-hybridized carbons (Fsp3) is 0.321. The minimum atomic E-state index is -0.568. The molecule has 3 aromatic rings. The Hall–Kier alpha value is -3.39. The predicted molar refractivity (Wildman–Crippen MR) is 141 cm³/mol. The molecule has 0 saturated carbocycles.